The van der Waals surface area contributed by atoms with Crippen LogP contribution in [0, 0.1) is 0 Å². The van der Waals surface area contributed by atoms with E-state index in [9.17, 15) is 9.59 Å². The van der Waals surface area contributed by atoms with Crippen LogP contribution in [0.4, 0.5) is 0 Å². The van der Waals surface area contributed by atoms with Crippen molar-refractivity contribution in [1.29, 1.82) is 0 Å². The predicted octanol–water partition coefficient (Wildman–Crippen LogP) is 3.95. The summed E-state index contributed by atoms with van der Waals surface area (Å²) in [4.78, 5) is 25.7. The van der Waals surface area contributed by atoms with Gasteiger partial charge in [-0.2, -0.15) is 0 Å². The minimum Gasteiger partial charge on any atom is -0.408 e. The molecule has 0 aliphatic rings. The zero-order chi connectivity index (χ0) is 18.6. The van der Waals surface area contributed by atoms with E-state index in [1.807, 2.05) is 66.0 Å². The Morgan fingerprint density at radius 3 is 2.59 bits per heavy atom. The standard InChI is InChI=1S/C21H18N2O3S/c24-19(12-13-23-16-9-4-5-10-17(16)26-21(23)25)22-20(18-11-6-14-27-18)15-7-2-1-3-8-15/h1-11,14,20H,12-13H2,(H,22,24). The first kappa shape index (κ1) is 17.3. The predicted molar refractivity (Wildman–Crippen MR) is 106 cm³/mol. The van der Waals surface area contributed by atoms with Crippen molar-refractivity contribution in [2.45, 2.75) is 19.0 Å². The van der Waals surface area contributed by atoms with E-state index in [1.54, 1.807) is 17.4 Å². The molecule has 5 nitrogen and oxygen atoms in total. The Morgan fingerprint density at radius 2 is 1.81 bits per heavy atom. The summed E-state index contributed by atoms with van der Waals surface area (Å²) in [5.74, 6) is -0.559. The number of nitrogens with one attached hydrogen (secondary N) is 1. The molecule has 1 amide bonds. The molecule has 4 aromatic rings. The first-order chi connectivity index (χ1) is 13.2. The first-order valence-electron chi connectivity index (χ1n) is 8.68. The van der Waals surface area contributed by atoms with Crippen molar-refractivity contribution >= 4 is 28.3 Å². The number of aryl methyl sites for hydroxylation is 1. The number of nitrogens with zero attached hydrogens (tertiary/aromatic N) is 1. The molecule has 0 aliphatic carbocycles. The number of carbonyl (C=O) groups excluding carboxylic acids is 1. The van der Waals surface area contributed by atoms with Gasteiger partial charge in [0.2, 0.25) is 5.91 Å². The summed E-state index contributed by atoms with van der Waals surface area (Å²) < 4.78 is 6.72. The van der Waals surface area contributed by atoms with Crippen LogP contribution in [0.3, 0.4) is 0 Å². The molecule has 0 saturated heterocycles. The molecular formula is C21H18N2O3S. The maximum absolute atomic E-state index is 12.6. The molecule has 1 atom stereocenters. The number of hydrogen-bond donors (Lipinski definition) is 1. The van der Waals surface area contributed by atoms with E-state index in [1.165, 1.54) is 4.57 Å². The van der Waals surface area contributed by atoms with Gasteiger partial charge in [-0.1, -0.05) is 48.5 Å². The van der Waals surface area contributed by atoms with E-state index in [2.05, 4.69) is 5.32 Å². The number of fused-ring (bicyclic) bond motifs is 1. The number of benzene rings is 2. The van der Waals surface area contributed by atoms with Crippen LogP contribution in [0.5, 0.6) is 0 Å². The molecule has 2 aromatic heterocycles. The molecule has 0 spiro atoms. The van der Waals surface area contributed by atoms with E-state index in [-0.39, 0.29) is 24.9 Å². The normalized spacial score (nSPS) is 12.1. The van der Waals surface area contributed by atoms with E-state index in [4.69, 9.17) is 4.42 Å². The number of thiophene rings is 1. The monoisotopic (exact) mass is 378 g/mol. The molecule has 1 unspecified atom stereocenters. The lowest BCUT2D eigenvalue weighted by molar-refractivity contribution is -0.121. The number of oxazole rings is 1. The summed E-state index contributed by atoms with van der Waals surface area (Å²) in [5.41, 5.74) is 2.26. The van der Waals surface area contributed by atoms with E-state index in [0.717, 1.165) is 10.4 Å². The molecule has 0 bridgehead atoms. The quantitative estimate of drug-likeness (QED) is 0.552. The summed E-state index contributed by atoms with van der Waals surface area (Å²) >= 11 is 1.60. The Morgan fingerprint density at radius 1 is 1.04 bits per heavy atom. The fourth-order valence-corrected chi connectivity index (χ4v) is 3.89. The van der Waals surface area contributed by atoms with Crippen molar-refractivity contribution in [2.24, 2.45) is 0 Å². The lowest BCUT2D eigenvalue weighted by atomic mass is 10.1. The summed E-state index contributed by atoms with van der Waals surface area (Å²) in [5, 5.41) is 5.09. The van der Waals surface area contributed by atoms with Gasteiger partial charge in [0.15, 0.2) is 5.58 Å². The average molecular weight is 378 g/mol. The molecule has 27 heavy (non-hydrogen) atoms. The van der Waals surface area contributed by atoms with Gasteiger partial charge in [-0.3, -0.25) is 9.36 Å². The fourth-order valence-electron chi connectivity index (χ4n) is 3.09. The average Bonchev–Trinajstić information content (AvgIpc) is 3.32. The lowest BCUT2D eigenvalue weighted by Crippen LogP contribution is -2.30. The van der Waals surface area contributed by atoms with Crippen molar-refractivity contribution in [3.63, 3.8) is 0 Å². The van der Waals surface area contributed by atoms with Gasteiger partial charge in [-0.25, -0.2) is 4.79 Å². The smallest absolute Gasteiger partial charge is 0.408 e. The van der Waals surface area contributed by atoms with Gasteiger partial charge >= 0.3 is 5.76 Å². The van der Waals surface area contributed by atoms with E-state index < -0.39 is 5.76 Å². The molecule has 2 heterocycles. The van der Waals surface area contributed by atoms with Crippen LogP contribution in [0.1, 0.15) is 22.9 Å². The second-order valence-electron chi connectivity index (χ2n) is 6.16. The number of para-hydroxylation sites is 2. The molecular weight excluding hydrogens is 360 g/mol. The van der Waals surface area contributed by atoms with Crippen LogP contribution in [0.2, 0.25) is 0 Å². The van der Waals surface area contributed by atoms with Gasteiger partial charge in [-0.05, 0) is 29.1 Å². The molecule has 2 aromatic carbocycles. The molecule has 0 fully saturated rings. The molecule has 0 radical (unpaired) electrons. The topological polar surface area (TPSA) is 64.2 Å². The minimum absolute atomic E-state index is 0.116. The molecule has 0 aliphatic heterocycles. The molecule has 0 saturated carbocycles. The van der Waals surface area contributed by atoms with Gasteiger partial charge in [0.25, 0.3) is 0 Å². The Labute approximate surface area is 159 Å². The van der Waals surface area contributed by atoms with Crippen LogP contribution in [0.25, 0.3) is 11.1 Å². The van der Waals surface area contributed by atoms with Crippen LogP contribution in [0.15, 0.2) is 81.3 Å². The van der Waals surface area contributed by atoms with Crippen LogP contribution < -0.4 is 11.1 Å². The van der Waals surface area contributed by atoms with E-state index in [0.29, 0.717) is 11.1 Å². The van der Waals surface area contributed by atoms with Gasteiger partial charge in [-0.15, -0.1) is 11.3 Å². The SMILES string of the molecule is O=C(CCn1c(=O)oc2ccccc21)NC(c1ccccc1)c1cccs1. The summed E-state index contributed by atoms with van der Waals surface area (Å²) in [6, 6.07) is 20.9. The second kappa shape index (κ2) is 7.63. The molecule has 6 heteroatoms. The molecule has 4 rings (SSSR count). The number of aromatic nitrogens is 1. The highest BCUT2D eigenvalue weighted by Crippen LogP contribution is 2.26. The van der Waals surface area contributed by atoms with Crippen molar-refractivity contribution in [1.82, 2.24) is 9.88 Å². The highest BCUT2D eigenvalue weighted by molar-refractivity contribution is 7.10. The van der Waals surface area contributed by atoms with Crippen molar-refractivity contribution in [2.75, 3.05) is 0 Å². The highest BCUT2D eigenvalue weighted by Gasteiger charge is 2.18. The third-order valence-corrected chi connectivity index (χ3v) is 5.34. The number of carbonyl (C=O) groups is 1. The summed E-state index contributed by atoms with van der Waals surface area (Å²) in [6.07, 6.45) is 0.193. The fraction of sp³-hybridized carbons (Fsp3) is 0.143. The summed E-state index contributed by atoms with van der Waals surface area (Å²) in [7, 11) is 0. The third-order valence-electron chi connectivity index (χ3n) is 4.40. The van der Waals surface area contributed by atoms with Crippen LogP contribution in [-0.4, -0.2) is 10.5 Å². The largest absolute Gasteiger partial charge is 0.419 e. The molecule has 1 N–H and O–H groups in total. The minimum atomic E-state index is -0.443. The Balaban J connectivity index is 1.50. The molecule has 136 valence electrons. The zero-order valence-corrected chi connectivity index (χ0v) is 15.3. The third kappa shape index (κ3) is 3.71. The van der Waals surface area contributed by atoms with Crippen molar-refractivity contribution < 1.29 is 9.21 Å². The van der Waals surface area contributed by atoms with Gasteiger partial charge in [0, 0.05) is 17.8 Å². The highest BCUT2D eigenvalue weighted by atomic mass is 32.1. The number of amides is 1. The van der Waals surface area contributed by atoms with Crippen LogP contribution >= 0.6 is 11.3 Å². The lowest BCUT2D eigenvalue weighted by Gasteiger charge is -2.18. The first-order valence-corrected chi connectivity index (χ1v) is 9.56. The second-order valence-corrected chi connectivity index (χ2v) is 7.14. The van der Waals surface area contributed by atoms with Crippen molar-refractivity contribution in [3.8, 4) is 0 Å². The Hall–Kier alpha value is -3.12. The van der Waals surface area contributed by atoms with Crippen LogP contribution in [-0.2, 0) is 11.3 Å². The summed E-state index contributed by atoms with van der Waals surface area (Å²) in [6.45, 7) is 0.271. The maximum atomic E-state index is 12.6. The Kier molecular flexibility index (Phi) is 4.89. The zero-order valence-electron chi connectivity index (χ0n) is 14.5. The van der Waals surface area contributed by atoms with Crippen molar-refractivity contribution in [3.05, 3.63) is 93.1 Å². The number of hydrogen-bond acceptors (Lipinski definition) is 4. The van der Waals surface area contributed by atoms with Gasteiger partial charge in [0.05, 0.1) is 11.6 Å². The van der Waals surface area contributed by atoms with Gasteiger partial charge < -0.3 is 9.73 Å². The maximum Gasteiger partial charge on any atom is 0.419 e. The Bertz CT molecular complexity index is 1100. The van der Waals surface area contributed by atoms with Gasteiger partial charge in [0.1, 0.15) is 0 Å². The van der Waals surface area contributed by atoms with E-state index >= 15 is 0 Å². The number of rotatable bonds is 6.